The lowest BCUT2D eigenvalue weighted by atomic mass is 10.2. The number of hydrogen-bond acceptors (Lipinski definition) is 7. The van der Waals surface area contributed by atoms with E-state index in [2.05, 4.69) is 15.3 Å². The zero-order chi connectivity index (χ0) is 16.9. The number of aromatic nitrogens is 2. The SMILES string of the molecule is O=C(/C=C/c1ccc([N+](=O)[O-])s1)Nc1nc(-c2ccncc2)cs1. The number of anilines is 1. The van der Waals surface area contributed by atoms with E-state index in [0.717, 1.165) is 22.6 Å². The molecule has 3 aromatic heterocycles. The van der Waals surface area contributed by atoms with E-state index in [-0.39, 0.29) is 10.9 Å². The highest BCUT2D eigenvalue weighted by molar-refractivity contribution is 7.16. The zero-order valence-electron chi connectivity index (χ0n) is 12.1. The van der Waals surface area contributed by atoms with Crippen LogP contribution in [0.5, 0.6) is 0 Å². The molecule has 3 aromatic rings. The number of rotatable bonds is 5. The first-order valence-corrected chi connectivity index (χ1v) is 8.40. The summed E-state index contributed by atoms with van der Waals surface area (Å²) in [6, 6.07) is 6.68. The summed E-state index contributed by atoms with van der Waals surface area (Å²) in [5, 5.41) is 15.6. The molecule has 120 valence electrons. The lowest BCUT2D eigenvalue weighted by Gasteiger charge is -1.96. The molecule has 0 saturated heterocycles. The van der Waals surface area contributed by atoms with Gasteiger partial charge in [-0.25, -0.2) is 4.98 Å². The van der Waals surface area contributed by atoms with Gasteiger partial charge in [0.15, 0.2) is 5.13 Å². The second-order valence-corrected chi connectivity index (χ2v) is 6.48. The van der Waals surface area contributed by atoms with Crippen LogP contribution in [0.25, 0.3) is 17.3 Å². The Balaban J connectivity index is 1.63. The Morgan fingerprint density at radius 1 is 1.25 bits per heavy atom. The molecule has 0 unspecified atom stereocenters. The smallest absolute Gasteiger partial charge is 0.298 e. The Morgan fingerprint density at radius 2 is 2.04 bits per heavy atom. The molecule has 7 nitrogen and oxygen atoms in total. The van der Waals surface area contributed by atoms with Gasteiger partial charge < -0.3 is 0 Å². The van der Waals surface area contributed by atoms with Crippen molar-refractivity contribution in [3.05, 3.63) is 63.1 Å². The first-order valence-electron chi connectivity index (χ1n) is 6.71. The van der Waals surface area contributed by atoms with Gasteiger partial charge in [0.2, 0.25) is 5.91 Å². The maximum Gasteiger partial charge on any atom is 0.324 e. The molecule has 0 aliphatic carbocycles. The molecule has 0 spiro atoms. The van der Waals surface area contributed by atoms with Gasteiger partial charge >= 0.3 is 5.00 Å². The third-order valence-corrected chi connectivity index (χ3v) is 4.66. The second kappa shape index (κ2) is 7.11. The minimum Gasteiger partial charge on any atom is -0.298 e. The Bertz CT molecular complexity index is 902. The molecular formula is C15H10N4O3S2. The molecule has 3 heterocycles. The van der Waals surface area contributed by atoms with E-state index in [1.807, 2.05) is 17.5 Å². The average molecular weight is 358 g/mol. The summed E-state index contributed by atoms with van der Waals surface area (Å²) < 4.78 is 0. The predicted molar refractivity (Wildman–Crippen MR) is 94.0 cm³/mol. The van der Waals surface area contributed by atoms with Crippen molar-refractivity contribution in [3.8, 4) is 11.3 Å². The van der Waals surface area contributed by atoms with E-state index >= 15 is 0 Å². The number of thiophene rings is 1. The van der Waals surface area contributed by atoms with Gasteiger partial charge in [0.25, 0.3) is 0 Å². The Morgan fingerprint density at radius 3 is 2.75 bits per heavy atom. The molecule has 3 rings (SSSR count). The van der Waals surface area contributed by atoms with Crippen LogP contribution in [0.3, 0.4) is 0 Å². The molecule has 0 bridgehead atoms. The molecular weight excluding hydrogens is 348 g/mol. The fourth-order valence-corrected chi connectivity index (χ4v) is 3.27. The summed E-state index contributed by atoms with van der Waals surface area (Å²) in [6.45, 7) is 0. The zero-order valence-corrected chi connectivity index (χ0v) is 13.7. The Hall–Kier alpha value is -2.91. The highest BCUT2D eigenvalue weighted by Gasteiger charge is 2.09. The van der Waals surface area contributed by atoms with Crippen molar-refractivity contribution < 1.29 is 9.72 Å². The van der Waals surface area contributed by atoms with Crippen molar-refractivity contribution in [1.82, 2.24) is 9.97 Å². The predicted octanol–water partition coefficient (Wildman–Crippen LogP) is 3.83. The van der Waals surface area contributed by atoms with Crippen LogP contribution in [-0.4, -0.2) is 20.8 Å². The molecule has 0 aliphatic rings. The summed E-state index contributed by atoms with van der Waals surface area (Å²) in [7, 11) is 0. The number of thiazole rings is 1. The van der Waals surface area contributed by atoms with Gasteiger partial charge in [-0.15, -0.1) is 11.3 Å². The summed E-state index contributed by atoms with van der Waals surface area (Å²) in [6.07, 6.45) is 6.21. The fourth-order valence-electron chi connectivity index (χ4n) is 1.82. The number of amides is 1. The van der Waals surface area contributed by atoms with Gasteiger partial charge in [-0.3, -0.25) is 25.2 Å². The molecule has 9 heteroatoms. The Kier molecular flexibility index (Phi) is 4.73. The van der Waals surface area contributed by atoms with Crippen LogP contribution in [0.15, 0.2) is 48.1 Å². The van der Waals surface area contributed by atoms with Crippen molar-refractivity contribution in [2.75, 3.05) is 5.32 Å². The maximum absolute atomic E-state index is 11.9. The maximum atomic E-state index is 11.9. The van der Waals surface area contributed by atoms with Gasteiger partial charge in [-0.05, 0) is 24.3 Å². The number of hydrogen-bond donors (Lipinski definition) is 1. The third kappa shape index (κ3) is 3.89. The van der Waals surface area contributed by atoms with Crippen LogP contribution in [0.1, 0.15) is 4.88 Å². The van der Waals surface area contributed by atoms with E-state index in [1.54, 1.807) is 18.5 Å². The largest absolute Gasteiger partial charge is 0.324 e. The van der Waals surface area contributed by atoms with Gasteiger partial charge in [-0.1, -0.05) is 11.3 Å². The normalized spacial score (nSPS) is 10.8. The van der Waals surface area contributed by atoms with Crippen molar-refractivity contribution >= 4 is 44.8 Å². The van der Waals surface area contributed by atoms with Crippen LogP contribution in [-0.2, 0) is 4.79 Å². The number of nitro groups is 1. The molecule has 0 atom stereocenters. The highest BCUT2D eigenvalue weighted by Crippen LogP contribution is 2.26. The van der Waals surface area contributed by atoms with Gasteiger partial charge in [-0.2, -0.15) is 0 Å². The quantitative estimate of drug-likeness (QED) is 0.425. The lowest BCUT2D eigenvalue weighted by Crippen LogP contribution is -2.07. The van der Waals surface area contributed by atoms with Crippen molar-refractivity contribution in [3.63, 3.8) is 0 Å². The van der Waals surface area contributed by atoms with Crippen LogP contribution in [0.4, 0.5) is 10.1 Å². The number of nitrogens with zero attached hydrogens (tertiary/aromatic N) is 3. The fraction of sp³-hybridized carbons (Fsp3) is 0. The Labute approximate surface area is 144 Å². The molecule has 1 amide bonds. The van der Waals surface area contributed by atoms with Crippen LogP contribution in [0, 0.1) is 10.1 Å². The average Bonchev–Trinajstić information content (AvgIpc) is 3.23. The molecule has 0 aliphatic heterocycles. The highest BCUT2D eigenvalue weighted by atomic mass is 32.1. The van der Waals surface area contributed by atoms with Crippen molar-refractivity contribution in [1.29, 1.82) is 0 Å². The minimum absolute atomic E-state index is 0.0389. The van der Waals surface area contributed by atoms with E-state index in [0.29, 0.717) is 10.0 Å². The number of nitrogens with one attached hydrogen (secondary N) is 1. The van der Waals surface area contributed by atoms with Gasteiger partial charge in [0.1, 0.15) is 0 Å². The van der Waals surface area contributed by atoms with E-state index < -0.39 is 4.92 Å². The van der Waals surface area contributed by atoms with Crippen molar-refractivity contribution in [2.24, 2.45) is 0 Å². The van der Waals surface area contributed by atoms with Gasteiger partial charge in [0, 0.05) is 40.4 Å². The van der Waals surface area contributed by atoms with Gasteiger partial charge in [0.05, 0.1) is 10.6 Å². The first kappa shape index (κ1) is 16.0. The number of carbonyl (C=O) groups is 1. The third-order valence-electron chi connectivity index (χ3n) is 2.90. The molecule has 0 radical (unpaired) electrons. The van der Waals surface area contributed by atoms with Crippen LogP contribution < -0.4 is 5.32 Å². The lowest BCUT2D eigenvalue weighted by molar-refractivity contribution is -0.380. The minimum atomic E-state index is -0.460. The molecule has 0 aromatic carbocycles. The molecule has 0 saturated carbocycles. The molecule has 0 fully saturated rings. The number of pyridine rings is 1. The summed E-state index contributed by atoms with van der Waals surface area (Å²) in [4.78, 5) is 31.0. The summed E-state index contributed by atoms with van der Waals surface area (Å²) in [5.41, 5.74) is 1.68. The second-order valence-electron chi connectivity index (χ2n) is 4.53. The standard InChI is InChI=1S/C15H10N4O3S2/c20-13(3-1-11-2-4-14(24-11)19(21)22)18-15-17-12(9-23-15)10-5-7-16-8-6-10/h1-9H,(H,17,18,20)/b3-1+. The number of carbonyl (C=O) groups excluding carboxylic acids is 1. The van der Waals surface area contributed by atoms with Crippen molar-refractivity contribution in [2.45, 2.75) is 0 Å². The van der Waals surface area contributed by atoms with E-state index in [1.165, 1.54) is 29.6 Å². The van der Waals surface area contributed by atoms with E-state index in [4.69, 9.17) is 0 Å². The summed E-state index contributed by atoms with van der Waals surface area (Å²) >= 11 is 2.32. The van der Waals surface area contributed by atoms with Crippen LogP contribution in [0.2, 0.25) is 0 Å². The van der Waals surface area contributed by atoms with E-state index in [9.17, 15) is 14.9 Å². The molecule has 24 heavy (non-hydrogen) atoms. The first-order chi connectivity index (χ1) is 11.6. The topological polar surface area (TPSA) is 98.0 Å². The molecule has 1 N–H and O–H groups in total. The van der Waals surface area contributed by atoms with Crippen LogP contribution >= 0.6 is 22.7 Å². The summed E-state index contributed by atoms with van der Waals surface area (Å²) in [5.74, 6) is -0.346. The monoisotopic (exact) mass is 358 g/mol.